The van der Waals surface area contributed by atoms with E-state index in [9.17, 15) is 13.2 Å². The van der Waals surface area contributed by atoms with Gasteiger partial charge in [0.15, 0.2) is 0 Å². The predicted molar refractivity (Wildman–Crippen MR) is 58.8 cm³/mol. The third-order valence-electron chi connectivity index (χ3n) is 2.76. The molecule has 1 aliphatic carbocycles. The minimum Gasteiger partial charge on any atom is -0.274 e. The molecule has 15 heavy (non-hydrogen) atoms. The first kappa shape index (κ1) is 12.5. The van der Waals surface area contributed by atoms with Gasteiger partial charge in [-0.2, -0.15) is 0 Å². The Bertz CT molecular complexity index is 316. The van der Waals surface area contributed by atoms with Gasteiger partial charge in [0, 0.05) is 5.92 Å². The molecule has 0 atom stereocenters. The third kappa shape index (κ3) is 3.48. The fourth-order valence-electron chi connectivity index (χ4n) is 1.72. The van der Waals surface area contributed by atoms with Crippen LogP contribution in [0.2, 0.25) is 0 Å². The summed E-state index contributed by atoms with van der Waals surface area (Å²) in [6.07, 6.45) is 4.36. The van der Waals surface area contributed by atoms with E-state index in [0.29, 0.717) is 12.8 Å². The van der Waals surface area contributed by atoms with Crippen LogP contribution in [0.1, 0.15) is 46.0 Å². The maximum Gasteiger partial charge on any atom is 0.237 e. The van der Waals surface area contributed by atoms with Crippen LogP contribution in [0.15, 0.2) is 0 Å². The molecule has 1 amide bonds. The summed E-state index contributed by atoms with van der Waals surface area (Å²) in [4.78, 5) is 11.3. The van der Waals surface area contributed by atoms with Crippen LogP contribution in [0.5, 0.6) is 0 Å². The molecule has 0 unspecified atom stereocenters. The summed E-state index contributed by atoms with van der Waals surface area (Å²) in [5.74, 6) is -0.691. The Morgan fingerprint density at radius 3 is 2.20 bits per heavy atom. The van der Waals surface area contributed by atoms with E-state index in [1.165, 1.54) is 0 Å². The molecule has 1 fully saturated rings. The Kier molecular flexibility index (Phi) is 4.13. The molecule has 1 rings (SSSR count). The topological polar surface area (TPSA) is 63.2 Å². The molecule has 1 saturated carbocycles. The highest BCUT2D eigenvalue weighted by molar-refractivity contribution is 7.90. The highest BCUT2D eigenvalue weighted by Crippen LogP contribution is 2.23. The van der Waals surface area contributed by atoms with Crippen LogP contribution < -0.4 is 4.72 Å². The van der Waals surface area contributed by atoms with Crippen LogP contribution in [-0.2, 0) is 14.8 Å². The van der Waals surface area contributed by atoms with Gasteiger partial charge >= 0.3 is 0 Å². The molecule has 0 bridgehead atoms. The van der Waals surface area contributed by atoms with Crippen molar-refractivity contribution in [2.75, 3.05) is 0 Å². The normalized spacial score (nSPS) is 19.1. The number of amides is 1. The monoisotopic (exact) mass is 233 g/mol. The van der Waals surface area contributed by atoms with E-state index in [4.69, 9.17) is 0 Å². The quantitative estimate of drug-likeness (QED) is 0.802. The van der Waals surface area contributed by atoms with Crippen molar-refractivity contribution in [1.82, 2.24) is 4.72 Å². The van der Waals surface area contributed by atoms with Gasteiger partial charge < -0.3 is 0 Å². The van der Waals surface area contributed by atoms with Crippen molar-refractivity contribution >= 4 is 15.9 Å². The van der Waals surface area contributed by atoms with Crippen molar-refractivity contribution in [1.29, 1.82) is 0 Å². The van der Waals surface area contributed by atoms with Crippen LogP contribution >= 0.6 is 0 Å². The van der Waals surface area contributed by atoms with Gasteiger partial charge in [-0.1, -0.05) is 33.1 Å². The fourth-order valence-corrected chi connectivity index (χ4v) is 3.35. The molecular formula is C10H19NO3S. The number of sulfonamides is 1. The molecule has 0 saturated heterocycles. The second-order valence-electron chi connectivity index (χ2n) is 4.43. The number of hydrogen-bond donors (Lipinski definition) is 1. The number of hydrogen-bond acceptors (Lipinski definition) is 3. The summed E-state index contributed by atoms with van der Waals surface area (Å²) < 4.78 is 25.7. The zero-order valence-corrected chi connectivity index (χ0v) is 10.1. The van der Waals surface area contributed by atoms with E-state index in [1.54, 1.807) is 13.8 Å². The van der Waals surface area contributed by atoms with Gasteiger partial charge in [0.1, 0.15) is 0 Å². The predicted octanol–water partition coefficient (Wildman–Crippen LogP) is 1.42. The maximum absolute atomic E-state index is 11.8. The Morgan fingerprint density at radius 2 is 1.73 bits per heavy atom. The Labute approximate surface area is 91.5 Å². The third-order valence-corrected chi connectivity index (χ3v) is 4.59. The highest BCUT2D eigenvalue weighted by atomic mass is 32.2. The van der Waals surface area contributed by atoms with Crippen molar-refractivity contribution in [3.8, 4) is 0 Å². The molecule has 0 aromatic heterocycles. The summed E-state index contributed by atoms with van der Waals surface area (Å²) in [6, 6.07) is 0. The van der Waals surface area contributed by atoms with Gasteiger partial charge in [0.25, 0.3) is 0 Å². The summed E-state index contributed by atoms with van der Waals surface area (Å²) >= 11 is 0. The number of carbonyl (C=O) groups is 1. The van der Waals surface area contributed by atoms with Gasteiger partial charge in [-0.05, 0) is 12.8 Å². The van der Waals surface area contributed by atoms with Crippen LogP contribution in [0.25, 0.3) is 0 Å². The molecule has 0 aliphatic heterocycles. The van der Waals surface area contributed by atoms with E-state index >= 15 is 0 Å². The van der Waals surface area contributed by atoms with Gasteiger partial charge in [-0.15, -0.1) is 0 Å². The smallest absolute Gasteiger partial charge is 0.237 e. The van der Waals surface area contributed by atoms with Crippen LogP contribution in [-0.4, -0.2) is 19.6 Å². The number of carbonyl (C=O) groups excluding carboxylic acids is 1. The minimum atomic E-state index is -3.43. The van der Waals surface area contributed by atoms with Crippen molar-refractivity contribution in [2.24, 2.45) is 5.92 Å². The van der Waals surface area contributed by atoms with Crippen molar-refractivity contribution in [3.05, 3.63) is 0 Å². The van der Waals surface area contributed by atoms with E-state index in [2.05, 4.69) is 4.72 Å². The highest BCUT2D eigenvalue weighted by Gasteiger charge is 2.29. The average molecular weight is 233 g/mol. The van der Waals surface area contributed by atoms with Crippen molar-refractivity contribution in [3.63, 3.8) is 0 Å². The van der Waals surface area contributed by atoms with Gasteiger partial charge in [-0.3, -0.25) is 9.52 Å². The molecule has 1 N–H and O–H groups in total. The minimum absolute atomic E-state index is 0.289. The van der Waals surface area contributed by atoms with E-state index in [-0.39, 0.29) is 11.2 Å². The Balaban J connectivity index is 2.61. The van der Waals surface area contributed by atoms with E-state index in [1.807, 2.05) is 0 Å². The molecular weight excluding hydrogens is 214 g/mol. The summed E-state index contributed by atoms with van der Waals surface area (Å²) in [5, 5.41) is -0.367. The van der Waals surface area contributed by atoms with E-state index < -0.39 is 15.9 Å². The fraction of sp³-hybridized carbons (Fsp3) is 0.900. The summed E-state index contributed by atoms with van der Waals surface area (Å²) in [6.45, 7) is 3.37. The second kappa shape index (κ2) is 4.96. The van der Waals surface area contributed by atoms with Crippen molar-refractivity contribution in [2.45, 2.75) is 51.2 Å². The molecule has 0 radical (unpaired) electrons. The first-order valence-electron chi connectivity index (χ1n) is 5.49. The molecule has 0 aromatic carbocycles. The second-order valence-corrected chi connectivity index (χ2v) is 6.39. The Hall–Kier alpha value is -0.580. The lowest BCUT2D eigenvalue weighted by molar-refractivity contribution is -0.122. The molecule has 4 nitrogen and oxygen atoms in total. The van der Waals surface area contributed by atoms with Crippen LogP contribution in [0.3, 0.4) is 0 Å². The lowest BCUT2D eigenvalue weighted by atomic mass is 10.0. The first-order chi connectivity index (χ1) is 6.93. The summed E-state index contributed by atoms with van der Waals surface area (Å²) in [7, 11) is -3.43. The molecule has 88 valence electrons. The zero-order chi connectivity index (χ0) is 11.5. The SMILES string of the molecule is CC(C)C(=O)NS(=O)(=O)C1CCCCC1. The Morgan fingerprint density at radius 1 is 1.20 bits per heavy atom. The van der Waals surface area contributed by atoms with Crippen LogP contribution in [0.4, 0.5) is 0 Å². The summed E-state index contributed by atoms with van der Waals surface area (Å²) in [5.41, 5.74) is 0. The zero-order valence-electron chi connectivity index (χ0n) is 9.32. The van der Waals surface area contributed by atoms with Crippen molar-refractivity contribution < 1.29 is 13.2 Å². The maximum atomic E-state index is 11.8. The molecule has 0 aromatic rings. The lowest BCUT2D eigenvalue weighted by Gasteiger charge is -2.22. The largest absolute Gasteiger partial charge is 0.274 e. The first-order valence-corrected chi connectivity index (χ1v) is 7.03. The lowest BCUT2D eigenvalue weighted by Crippen LogP contribution is -2.41. The molecule has 0 spiro atoms. The molecule has 5 heteroatoms. The number of nitrogens with one attached hydrogen (secondary N) is 1. The van der Waals surface area contributed by atoms with Crippen LogP contribution in [0, 0.1) is 5.92 Å². The average Bonchev–Trinajstić information content (AvgIpc) is 2.18. The standard InChI is InChI=1S/C10H19NO3S/c1-8(2)10(12)11-15(13,14)9-6-4-3-5-7-9/h8-9H,3-7H2,1-2H3,(H,11,12). The molecule has 0 heterocycles. The van der Waals surface area contributed by atoms with Gasteiger partial charge in [0.2, 0.25) is 15.9 Å². The molecule has 1 aliphatic rings. The van der Waals surface area contributed by atoms with Gasteiger partial charge in [0.05, 0.1) is 5.25 Å². The number of rotatable bonds is 3. The van der Waals surface area contributed by atoms with E-state index in [0.717, 1.165) is 19.3 Å². The van der Waals surface area contributed by atoms with Gasteiger partial charge in [-0.25, -0.2) is 8.42 Å².